The molecule has 2 atom stereocenters. The van der Waals surface area contributed by atoms with Crippen molar-refractivity contribution in [1.29, 1.82) is 0 Å². The minimum Gasteiger partial charge on any atom is -0.481 e. The molecule has 1 aromatic carbocycles. The molecule has 0 radical (unpaired) electrons. The largest absolute Gasteiger partial charge is 0.481 e. The van der Waals surface area contributed by atoms with Gasteiger partial charge in [-0.25, -0.2) is 4.79 Å². The van der Waals surface area contributed by atoms with E-state index in [4.69, 9.17) is 5.11 Å². The van der Waals surface area contributed by atoms with Crippen molar-refractivity contribution in [3.8, 4) is 0 Å². The molecule has 0 aliphatic rings. The molecule has 0 spiro atoms. The zero-order valence-corrected chi connectivity index (χ0v) is 15.5. The molecule has 0 aliphatic heterocycles. The van der Waals surface area contributed by atoms with Crippen LogP contribution in [0.1, 0.15) is 13.8 Å². The second kappa shape index (κ2) is 7.42. The van der Waals surface area contributed by atoms with E-state index in [1.807, 2.05) is 0 Å². The number of carbonyl (C=O) groups is 2. The lowest BCUT2D eigenvalue weighted by atomic mass is 10.0. The molecule has 0 aliphatic carbocycles. The third-order valence-corrected chi connectivity index (χ3v) is 4.45. The van der Waals surface area contributed by atoms with Crippen LogP contribution >= 0.6 is 47.8 Å². The van der Waals surface area contributed by atoms with Crippen molar-refractivity contribution in [2.75, 3.05) is 5.32 Å². The first kappa shape index (κ1) is 17.5. The maximum absolute atomic E-state index is 11.9. The van der Waals surface area contributed by atoms with Crippen LogP contribution < -0.4 is 10.6 Å². The summed E-state index contributed by atoms with van der Waals surface area (Å²) in [6, 6.07) is 2.64. The van der Waals surface area contributed by atoms with Gasteiger partial charge in [0.15, 0.2) is 0 Å². The molecule has 3 N–H and O–H groups in total. The molecule has 8 heteroatoms. The summed E-state index contributed by atoms with van der Waals surface area (Å²) < 4.78 is 2.26. The number of carboxylic acids is 1. The van der Waals surface area contributed by atoms with E-state index in [-0.39, 0.29) is 0 Å². The smallest absolute Gasteiger partial charge is 0.319 e. The lowest BCUT2D eigenvalue weighted by Gasteiger charge is -2.19. The summed E-state index contributed by atoms with van der Waals surface area (Å²) in [5.41, 5.74) is 0.570. The second-order valence-corrected chi connectivity index (χ2v) is 6.88. The fourth-order valence-electron chi connectivity index (χ4n) is 1.36. The number of nitrogens with one attached hydrogen (secondary N) is 2. The first-order valence-corrected chi connectivity index (χ1v) is 8.05. The van der Waals surface area contributed by atoms with E-state index >= 15 is 0 Å². The number of carbonyl (C=O) groups excluding carboxylic acids is 1. The number of halogens is 3. The third kappa shape index (κ3) is 4.75. The van der Waals surface area contributed by atoms with E-state index in [0.29, 0.717) is 14.6 Å². The molecular weight excluding hydrogens is 460 g/mol. The number of aliphatic carboxylic acids is 1. The van der Waals surface area contributed by atoms with Crippen LogP contribution in [0.25, 0.3) is 0 Å². The van der Waals surface area contributed by atoms with Gasteiger partial charge in [0.25, 0.3) is 0 Å². The van der Waals surface area contributed by atoms with Gasteiger partial charge in [-0.3, -0.25) is 4.79 Å². The summed E-state index contributed by atoms with van der Waals surface area (Å²) in [5, 5.41) is 14.1. The van der Waals surface area contributed by atoms with Gasteiger partial charge in [0.05, 0.1) is 11.6 Å². The maximum Gasteiger partial charge on any atom is 0.319 e. The van der Waals surface area contributed by atoms with E-state index in [2.05, 4.69) is 58.4 Å². The Hall–Kier alpha value is -0.600. The van der Waals surface area contributed by atoms with Gasteiger partial charge >= 0.3 is 12.0 Å². The number of hydrogen-bond acceptors (Lipinski definition) is 2. The molecule has 0 aromatic heterocycles. The Morgan fingerprint density at radius 1 is 1.15 bits per heavy atom. The summed E-state index contributed by atoms with van der Waals surface area (Å²) in [5.74, 6) is -1.62. The number of amides is 2. The highest BCUT2D eigenvalue weighted by Crippen LogP contribution is 2.34. The molecule has 0 heterocycles. The molecule has 1 aromatic rings. The van der Waals surface area contributed by atoms with Crippen molar-refractivity contribution in [3.63, 3.8) is 0 Å². The molecule has 0 saturated heterocycles. The molecule has 2 unspecified atom stereocenters. The third-order valence-electron chi connectivity index (χ3n) is 2.74. The fraction of sp³-hybridized carbons (Fsp3) is 0.333. The zero-order chi connectivity index (χ0) is 15.4. The van der Waals surface area contributed by atoms with Gasteiger partial charge in [0, 0.05) is 19.5 Å². The van der Waals surface area contributed by atoms with Crippen molar-refractivity contribution < 1.29 is 14.7 Å². The summed E-state index contributed by atoms with van der Waals surface area (Å²) in [7, 11) is 0. The molecule has 0 saturated carbocycles. The summed E-state index contributed by atoms with van der Waals surface area (Å²) >= 11 is 10.0. The van der Waals surface area contributed by atoms with Gasteiger partial charge < -0.3 is 15.7 Å². The van der Waals surface area contributed by atoms with Gasteiger partial charge in [-0.1, -0.05) is 15.9 Å². The molecule has 5 nitrogen and oxygen atoms in total. The van der Waals surface area contributed by atoms with Crippen molar-refractivity contribution in [2.24, 2.45) is 5.92 Å². The van der Waals surface area contributed by atoms with Crippen LogP contribution in [0.2, 0.25) is 0 Å². The Kier molecular flexibility index (Phi) is 6.47. The van der Waals surface area contributed by atoms with Crippen molar-refractivity contribution >= 4 is 65.5 Å². The van der Waals surface area contributed by atoms with E-state index in [9.17, 15) is 9.59 Å². The molecule has 110 valence electrons. The normalized spacial score (nSPS) is 13.4. The van der Waals surface area contributed by atoms with Crippen LogP contribution in [0.5, 0.6) is 0 Å². The van der Waals surface area contributed by atoms with Crippen LogP contribution in [-0.2, 0) is 4.79 Å². The predicted octanol–water partition coefficient (Wildman–Crippen LogP) is 4.20. The number of urea groups is 1. The summed E-state index contributed by atoms with van der Waals surface area (Å²) in [6.07, 6.45) is 0. The average Bonchev–Trinajstić information content (AvgIpc) is 2.32. The minimum atomic E-state index is -0.955. The summed E-state index contributed by atoms with van der Waals surface area (Å²) in [4.78, 5) is 22.7. The average molecular weight is 473 g/mol. The Morgan fingerprint density at radius 3 is 2.10 bits per heavy atom. The van der Waals surface area contributed by atoms with Crippen molar-refractivity contribution in [1.82, 2.24) is 5.32 Å². The molecule has 20 heavy (non-hydrogen) atoms. The number of benzene rings is 1. The van der Waals surface area contributed by atoms with E-state index in [0.717, 1.165) is 4.47 Å². The van der Waals surface area contributed by atoms with Gasteiger partial charge in [-0.05, 0) is 57.8 Å². The van der Waals surface area contributed by atoms with Crippen LogP contribution in [0.15, 0.2) is 25.6 Å². The van der Waals surface area contributed by atoms with Crippen LogP contribution in [0.4, 0.5) is 10.5 Å². The quantitative estimate of drug-likeness (QED) is 0.614. The first-order valence-electron chi connectivity index (χ1n) is 5.67. The Labute approximate surface area is 141 Å². The standard InChI is InChI=1S/C12H13Br3N2O3/c1-5(11(18)19)6(2)16-12(20)17-10-8(14)3-7(13)4-9(10)15/h3-6H,1-2H3,(H,18,19)(H2,16,17,20). The van der Waals surface area contributed by atoms with Crippen molar-refractivity contribution in [3.05, 3.63) is 25.6 Å². The lowest BCUT2D eigenvalue weighted by molar-refractivity contribution is -0.141. The molecule has 0 bridgehead atoms. The number of anilines is 1. The van der Waals surface area contributed by atoms with Gasteiger partial charge in [-0.2, -0.15) is 0 Å². The van der Waals surface area contributed by atoms with E-state index in [1.165, 1.54) is 0 Å². The maximum atomic E-state index is 11.9. The molecular formula is C12H13Br3N2O3. The van der Waals surface area contributed by atoms with Crippen molar-refractivity contribution in [2.45, 2.75) is 19.9 Å². The Balaban J connectivity index is 2.75. The summed E-state index contributed by atoms with van der Waals surface area (Å²) in [6.45, 7) is 3.18. The highest BCUT2D eigenvalue weighted by molar-refractivity contribution is 9.11. The Bertz CT molecular complexity index is 514. The predicted molar refractivity (Wildman–Crippen MR) is 88.0 cm³/mol. The highest BCUT2D eigenvalue weighted by atomic mass is 79.9. The number of rotatable bonds is 4. The Morgan fingerprint density at radius 2 is 1.65 bits per heavy atom. The SMILES string of the molecule is CC(NC(=O)Nc1c(Br)cc(Br)cc1Br)C(C)C(=O)O. The first-order chi connectivity index (χ1) is 9.22. The minimum absolute atomic E-state index is 0.464. The monoisotopic (exact) mass is 470 g/mol. The van der Waals surface area contributed by atoms with E-state index < -0.39 is 24.0 Å². The highest BCUT2D eigenvalue weighted by Gasteiger charge is 2.21. The van der Waals surface area contributed by atoms with Gasteiger partial charge in [0.2, 0.25) is 0 Å². The molecule has 2 amide bonds. The second-order valence-electron chi connectivity index (χ2n) is 4.26. The molecule has 1 rings (SSSR count). The van der Waals surface area contributed by atoms with Gasteiger partial charge in [0.1, 0.15) is 0 Å². The van der Waals surface area contributed by atoms with Crippen LogP contribution in [0.3, 0.4) is 0 Å². The number of carboxylic acid groups (broad SMARTS) is 1. The lowest BCUT2D eigenvalue weighted by Crippen LogP contribution is -2.42. The number of hydrogen-bond donors (Lipinski definition) is 3. The topological polar surface area (TPSA) is 78.4 Å². The zero-order valence-electron chi connectivity index (χ0n) is 10.7. The molecule has 0 fully saturated rings. The fourth-order valence-corrected chi connectivity index (χ4v) is 3.81. The van der Waals surface area contributed by atoms with Crippen LogP contribution in [0, 0.1) is 5.92 Å². The van der Waals surface area contributed by atoms with Gasteiger partial charge in [-0.15, -0.1) is 0 Å². The van der Waals surface area contributed by atoms with E-state index in [1.54, 1.807) is 26.0 Å². The van der Waals surface area contributed by atoms with Crippen LogP contribution in [-0.4, -0.2) is 23.1 Å².